The standard InChI is InChI=1S/C13H13N3O2/c1-8(9-4-5-18-7-9)14-10-2-3-11-12(6-10)16-13(17)15-11/h2-8,14H,1H3,(H2,15,16,17). The second-order valence-corrected chi connectivity index (χ2v) is 4.26. The quantitative estimate of drug-likeness (QED) is 0.662. The molecule has 0 aliphatic carbocycles. The largest absolute Gasteiger partial charge is 0.472 e. The van der Waals surface area contributed by atoms with Crippen molar-refractivity contribution in [2.24, 2.45) is 0 Å². The van der Waals surface area contributed by atoms with Gasteiger partial charge in [-0.2, -0.15) is 0 Å². The van der Waals surface area contributed by atoms with E-state index in [9.17, 15) is 4.79 Å². The van der Waals surface area contributed by atoms with Gasteiger partial charge in [0.15, 0.2) is 0 Å². The minimum atomic E-state index is -0.190. The van der Waals surface area contributed by atoms with Crippen LogP contribution in [0.3, 0.4) is 0 Å². The van der Waals surface area contributed by atoms with Crippen LogP contribution in [0.2, 0.25) is 0 Å². The van der Waals surface area contributed by atoms with Crippen molar-refractivity contribution in [3.8, 4) is 0 Å². The molecule has 1 atom stereocenters. The molecule has 3 N–H and O–H groups in total. The molecule has 0 saturated heterocycles. The number of rotatable bonds is 3. The molecule has 0 aliphatic rings. The number of aromatic nitrogens is 2. The summed E-state index contributed by atoms with van der Waals surface area (Å²) < 4.78 is 5.05. The number of furan rings is 1. The molecule has 0 fully saturated rings. The number of hydrogen-bond acceptors (Lipinski definition) is 3. The third kappa shape index (κ3) is 1.90. The highest BCUT2D eigenvalue weighted by Gasteiger charge is 2.07. The SMILES string of the molecule is CC(Nc1ccc2[nH]c(=O)[nH]c2c1)c1ccoc1. The van der Waals surface area contributed by atoms with Gasteiger partial charge >= 0.3 is 5.69 Å². The van der Waals surface area contributed by atoms with Gasteiger partial charge in [0, 0.05) is 11.3 Å². The van der Waals surface area contributed by atoms with Crippen LogP contribution in [0.4, 0.5) is 5.69 Å². The Bertz CT molecular complexity index is 709. The maximum Gasteiger partial charge on any atom is 0.323 e. The van der Waals surface area contributed by atoms with Crippen LogP contribution >= 0.6 is 0 Å². The van der Waals surface area contributed by atoms with Crippen LogP contribution in [-0.4, -0.2) is 9.97 Å². The molecule has 3 rings (SSSR count). The molecule has 1 aromatic carbocycles. The number of nitrogens with one attached hydrogen (secondary N) is 3. The van der Waals surface area contributed by atoms with E-state index in [2.05, 4.69) is 22.2 Å². The fourth-order valence-electron chi connectivity index (χ4n) is 1.98. The van der Waals surface area contributed by atoms with Crippen LogP contribution < -0.4 is 11.0 Å². The van der Waals surface area contributed by atoms with Crippen LogP contribution in [0, 0.1) is 0 Å². The van der Waals surface area contributed by atoms with Gasteiger partial charge in [-0.05, 0) is 31.2 Å². The summed E-state index contributed by atoms with van der Waals surface area (Å²) >= 11 is 0. The monoisotopic (exact) mass is 243 g/mol. The Labute approximate surface area is 103 Å². The zero-order chi connectivity index (χ0) is 12.5. The summed E-state index contributed by atoms with van der Waals surface area (Å²) in [5.74, 6) is 0. The molecule has 1 unspecified atom stereocenters. The van der Waals surface area contributed by atoms with E-state index in [1.807, 2.05) is 24.3 Å². The number of imidazole rings is 1. The third-order valence-corrected chi connectivity index (χ3v) is 2.94. The Morgan fingerprint density at radius 3 is 2.83 bits per heavy atom. The molecule has 0 saturated carbocycles. The molecule has 2 aromatic heterocycles. The summed E-state index contributed by atoms with van der Waals surface area (Å²) in [6.07, 6.45) is 3.37. The molecule has 2 heterocycles. The number of anilines is 1. The summed E-state index contributed by atoms with van der Waals surface area (Å²) in [6.45, 7) is 2.05. The highest BCUT2D eigenvalue weighted by molar-refractivity contribution is 5.78. The maximum absolute atomic E-state index is 11.2. The van der Waals surface area contributed by atoms with Crippen molar-refractivity contribution in [3.63, 3.8) is 0 Å². The molecule has 92 valence electrons. The highest BCUT2D eigenvalue weighted by Crippen LogP contribution is 2.21. The van der Waals surface area contributed by atoms with E-state index in [-0.39, 0.29) is 11.7 Å². The fraction of sp³-hybridized carbons (Fsp3) is 0.154. The Hall–Kier alpha value is -2.43. The highest BCUT2D eigenvalue weighted by atomic mass is 16.3. The summed E-state index contributed by atoms with van der Waals surface area (Å²) in [5.41, 5.74) is 3.44. The number of hydrogen-bond donors (Lipinski definition) is 3. The molecule has 0 amide bonds. The van der Waals surface area contributed by atoms with Gasteiger partial charge in [-0.3, -0.25) is 0 Å². The molecule has 3 aromatic rings. The summed E-state index contributed by atoms with van der Waals surface area (Å²) in [7, 11) is 0. The first-order valence-electron chi connectivity index (χ1n) is 5.73. The Morgan fingerprint density at radius 2 is 2.06 bits per heavy atom. The van der Waals surface area contributed by atoms with Gasteiger partial charge < -0.3 is 19.7 Å². The molecular weight excluding hydrogens is 230 g/mol. The minimum absolute atomic E-state index is 0.145. The lowest BCUT2D eigenvalue weighted by molar-refractivity contribution is 0.562. The Balaban J connectivity index is 1.88. The number of fused-ring (bicyclic) bond motifs is 1. The lowest BCUT2D eigenvalue weighted by Crippen LogP contribution is -2.05. The molecule has 5 heteroatoms. The van der Waals surface area contributed by atoms with Crippen molar-refractivity contribution < 1.29 is 4.42 Å². The maximum atomic E-state index is 11.2. The average Bonchev–Trinajstić information content (AvgIpc) is 2.95. The van der Waals surface area contributed by atoms with E-state index < -0.39 is 0 Å². The van der Waals surface area contributed by atoms with Gasteiger partial charge in [-0.1, -0.05) is 0 Å². The lowest BCUT2D eigenvalue weighted by atomic mass is 10.1. The molecule has 0 aliphatic heterocycles. The average molecular weight is 243 g/mol. The van der Waals surface area contributed by atoms with E-state index in [1.54, 1.807) is 12.5 Å². The van der Waals surface area contributed by atoms with Crippen LogP contribution in [0.15, 0.2) is 46.0 Å². The molecule has 0 bridgehead atoms. The topological polar surface area (TPSA) is 73.8 Å². The predicted octanol–water partition coefficient (Wildman–Crippen LogP) is 2.62. The smallest absolute Gasteiger partial charge is 0.323 e. The normalized spacial score (nSPS) is 12.7. The lowest BCUT2D eigenvalue weighted by Gasteiger charge is -2.13. The second kappa shape index (κ2) is 4.10. The summed E-state index contributed by atoms with van der Waals surface area (Å²) in [6, 6.07) is 7.78. The van der Waals surface area contributed by atoms with Crippen LogP contribution in [0.5, 0.6) is 0 Å². The summed E-state index contributed by atoms with van der Waals surface area (Å²) in [5, 5.41) is 3.35. The van der Waals surface area contributed by atoms with Crippen molar-refractivity contribution in [1.29, 1.82) is 0 Å². The van der Waals surface area contributed by atoms with Gasteiger partial charge in [-0.15, -0.1) is 0 Å². The van der Waals surface area contributed by atoms with Crippen molar-refractivity contribution in [3.05, 3.63) is 52.8 Å². The number of H-pyrrole nitrogens is 2. The van der Waals surface area contributed by atoms with E-state index in [4.69, 9.17) is 4.42 Å². The zero-order valence-corrected chi connectivity index (χ0v) is 9.86. The van der Waals surface area contributed by atoms with Crippen molar-refractivity contribution in [1.82, 2.24) is 9.97 Å². The van der Waals surface area contributed by atoms with E-state index in [0.29, 0.717) is 0 Å². The van der Waals surface area contributed by atoms with Gasteiger partial charge in [-0.25, -0.2) is 4.79 Å². The minimum Gasteiger partial charge on any atom is -0.472 e. The van der Waals surface area contributed by atoms with E-state index >= 15 is 0 Å². The van der Waals surface area contributed by atoms with Gasteiger partial charge in [0.1, 0.15) is 0 Å². The Kier molecular flexibility index (Phi) is 2.44. The second-order valence-electron chi connectivity index (χ2n) is 4.26. The van der Waals surface area contributed by atoms with Crippen LogP contribution in [0.1, 0.15) is 18.5 Å². The zero-order valence-electron chi connectivity index (χ0n) is 9.86. The van der Waals surface area contributed by atoms with Crippen molar-refractivity contribution in [2.45, 2.75) is 13.0 Å². The number of aromatic amines is 2. The number of benzene rings is 1. The Morgan fingerprint density at radius 1 is 1.22 bits per heavy atom. The first kappa shape index (κ1) is 10.7. The summed E-state index contributed by atoms with van der Waals surface area (Å²) in [4.78, 5) is 16.6. The van der Waals surface area contributed by atoms with Crippen LogP contribution in [0.25, 0.3) is 11.0 Å². The third-order valence-electron chi connectivity index (χ3n) is 2.94. The van der Waals surface area contributed by atoms with Gasteiger partial charge in [0.05, 0.1) is 29.6 Å². The predicted molar refractivity (Wildman–Crippen MR) is 69.7 cm³/mol. The molecule has 0 radical (unpaired) electrons. The van der Waals surface area contributed by atoms with E-state index in [1.165, 1.54) is 0 Å². The molecule has 5 nitrogen and oxygen atoms in total. The first-order chi connectivity index (χ1) is 8.72. The first-order valence-corrected chi connectivity index (χ1v) is 5.73. The molecular formula is C13H13N3O2. The fourth-order valence-corrected chi connectivity index (χ4v) is 1.98. The van der Waals surface area contributed by atoms with Crippen molar-refractivity contribution in [2.75, 3.05) is 5.32 Å². The van der Waals surface area contributed by atoms with Crippen LogP contribution in [-0.2, 0) is 0 Å². The van der Waals surface area contributed by atoms with E-state index in [0.717, 1.165) is 22.3 Å². The molecule has 0 spiro atoms. The van der Waals surface area contributed by atoms with Gasteiger partial charge in [0.25, 0.3) is 0 Å². The van der Waals surface area contributed by atoms with Gasteiger partial charge in [0.2, 0.25) is 0 Å². The van der Waals surface area contributed by atoms with Crippen molar-refractivity contribution >= 4 is 16.7 Å². The molecule has 18 heavy (non-hydrogen) atoms.